The number of carbonyl (C=O) groups excluding carboxylic acids is 2. The lowest BCUT2D eigenvalue weighted by molar-refractivity contribution is -0.138. The van der Waals surface area contributed by atoms with E-state index in [0.29, 0.717) is 18.7 Å². The van der Waals surface area contributed by atoms with Crippen LogP contribution in [0.5, 0.6) is 0 Å². The molecule has 24 heavy (non-hydrogen) atoms. The van der Waals surface area contributed by atoms with E-state index in [0.717, 1.165) is 22.9 Å². The number of pyridine rings is 1. The summed E-state index contributed by atoms with van der Waals surface area (Å²) in [7, 11) is 0. The first-order valence-corrected chi connectivity index (χ1v) is 9.13. The predicted molar refractivity (Wildman–Crippen MR) is 94.3 cm³/mol. The Morgan fingerprint density at radius 2 is 2.25 bits per heavy atom. The van der Waals surface area contributed by atoms with Gasteiger partial charge in [-0.15, -0.1) is 11.8 Å². The standard InChI is InChI=1S/C18H19N3O2S/c1-18-8-7-15(22)21(18)14(11-24-18)17(23)20-10-13-5-2-4-12-6-3-9-19-16(12)13/h2-6,9,14H,7-8,10-11H2,1H3,(H,20,23)/t14-,18-/m0/s1. The molecule has 1 aromatic carbocycles. The van der Waals surface area contributed by atoms with Crippen LogP contribution < -0.4 is 5.32 Å². The van der Waals surface area contributed by atoms with Crippen LogP contribution in [0.1, 0.15) is 25.3 Å². The molecule has 2 saturated heterocycles. The van der Waals surface area contributed by atoms with Gasteiger partial charge in [-0.2, -0.15) is 0 Å². The van der Waals surface area contributed by atoms with Gasteiger partial charge in [0, 0.05) is 30.3 Å². The molecule has 5 nitrogen and oxygen atoms in total. The summed E-state index contributed by atoms with van der Waals surface area (Å²) in [5, 5.41) is 4.06. The van der Waals surface area contributed by atoms with Crippen molar-refractivity contribution < 1.29 is 9.59 Å². The molecule has 2 aliphatic rings. The molecule has 0 unspecified atom stereocenters. The monoisotopic (exact) mass is 341 g/mol. The molecule has 0 radical (unpaired) electrons. The summed E-state index contributed by atoms with van der Waals surface area (Å²) in [6.07, 6.45) is 3.13. The van der Waals surface area contributed by atoms with Crippen LogP contribution in [-0.4, -0.2) is 38.4 Å². The van der Waals surface area contributed by atoms with Crippen molar-refractivity contribution in [2.75, 3.05) is 5.75 Å². The van der Waals surface area contributed by atoms with Gasteiger partial charge in [0.05, 0.1) is 10.4 Å². The number of nitrogens with zero attached hydrogens (tertiary/aromatic N) is 2. The van der Waals surface area contributed by atoms with Crippen LogP contribution in [0.2, 0.25) is 0 Å². The van der Waals surface area contributed by atoms with Crippen molar-refractivity contribution in [2.24, 2.45) is 0 Å². The van der Waals surface area contributed by atoms with Crippen LogP contribution in [-0.2, 0) is 16.1 Å². The Labute approximate surface area is 144 Å². The zero-order valence-electron chi connectivity index (χ0n) is 13.5. The molecule has 2 atom stereocenters. The Kier molecular flexibility index (Phi) is 3.72. The van der Waals surface area contributed by atoms with E-state index in [1.54, 1.807) is 22.9 Å². The highest BCUT2D eigenvalue weighted by atomic mass is 32.2. The van der Waals surface area contributed by atoms with Crippen LogP contribution in [0.4, 0.5) is 0 Å². The van der Waals surface area contributed by atoms with Gasteiger partial charge in [-0.25, -0.2) is 0 Å². The van der Waals surface area contributed by atoms with E-state index in [9.17, 15) is 9.59 Å². The van der Waals surface area contributed by atoms with Crippen molar-refractivity contribution in [3.8, 4) is 0 Å². The number of carbonyl (C=O) groups is 2. The van der Waals surface area contributed by atoms with Gasteiger partial charge in [-0.05, 0) is 25.0 Å². The summed E-state index contributed by atoms with van der Waals surface area (Å²) in [4.78, 5) is 30.8. The SMILES string of the molecule is C[C@]12CCC(=O)N1[C@H](C(=O)NCc1cccc3cccnc13)CS2. The Morgan fingerprint density at radius 3 is 3.12 bits per heavy atom. The topological polar surface area (TPSA) is 62.3 Å². The summed E-state index contributed by atoms with van der Waals surface area (Å²) in [5.74, 6) is 0.686. The minimum Gasteiger partial charge on any atom is -0.350 e. The third-order valence-electron chi connectivity index (χ3n) is 4.92. The van der Waals surface area contributed by atoms with E-state index in [1.807, 2.05) is 30.3 Å². The largest absolute Gasteiger partial charge is 0.350 e. The summed E-state index contributed by atoms with van der Waals surface area (Å²) < 4.78 is 0. The Hall–Kier alpha value is -2.08. The number of amides is 2. The molecule has 124 valence electrons. The third-order valence-corrected chi connectivity index (χ3v) is 6.42. The quantitative estimate of drug-likeness (QED) is 0.930. The van der Waals surface area contributed by atoms with Gasteiger partial charge in [-0.1, -0.05) is 24.3 Å². The highest BCUT2D eigenvalue weighted by Crippen LogP contribution is 2.47. The van der Waals surface area contributed by atoms with Crippen molar-refractivity contribution in [1.82, 2.24) is 15.2 Å². The van der Waals surface area contributed by atoms with Crippen LogP contribution in [0.3, 0.4) is 0 Å². The smallest absolute Gasteiger partial charge is 0.243 e. The van der Waals surface area contributed by atoms with Crippen molar-refractivity contribution in [1.29, 1.82) is 0 Å². The van der Waals surface area contributed by atoms with Gasteiger partial charge in [0.15, 0.2) is 0 Å². The van der Waals surface area contributed by atoms with Crippen molar-refractivity contribution in [3.05, 3.63) is 42.1 Å². The number of hydrogen-bond donors (Lipinski definition) is 1. The second kappa shape index (κ2) is 5.77. The maximum absolute atomic E-state index is 12.6. The van der Waals surface area contributed by atoms with Gasteiger partial charge >= 0.3 is 0 Å². The molecule has 0 spiro atoms. The van der Waals surface area contributed by atoms with Crippen LogP contribution >= 0.6 is 11.8 Å². The van der Waals surface area contributed by atoms with Crippen LogP contribution in [0.15, 0.2) is 36.5 Å². The second-order valence-electron chi connectivity index (χ2n) is 6.48. The number of nitrogens with one attached hydrogen (secondary N) is 1. The highest BCUT2D eigenvalue weighted by molar-refractivity contribution is 8.01. The molecule has 2 aliphatic heterocycles. The van der Waals surface area contributed by atoms with Gasteiger partial charge < -0.3 is 10.2 Å². The molecule has 2 amide bonds. The summed E-state index contributed by atoms with van der Waals surface area (Å²) >= 11 is 1.71. The summed E-state index contributed by atoms with van der Waals surface area (Å²) in [5.41, 5.74) is 1.89. The average Bonchev–Trinajstić information content (AvgIpc) is 3.09. The predicted octanol–water partition coefficient (Wildman–Crippen LogP) is 2.30. The second-order valence-corrected chi connectivity index (χ2v) is 7.98. The Balaban J connectivity index is 1.50. The highest BCUT2D eigenvalue weighted by Gasteiger charge is 2.52. The molecule has 3 heterocycles. The molecular formula is C18H19N3O2S. The van der Waals surface area contributed by atoms with Crippen molar-refractivity contribution >= 4 is 34.5 Å². The fourth-order valence-electron chi connectivity index (χ4n) is 3.62. The lowest BCUT2D eigenvalue weighted by atomic mass is 10.1. The summed E-state index contributed by atoms with van der Waals surface area (Å²) in [6.45, 7) is 2.48. The fraction of sp³-hybridized carbons (Fsp3) is 0.389. The molecule has 1 N–H and O–H groups in total. The molecule has 2 aromatic rings. The fourth-order valence-corrected chi connectivity index (χ4v) is 5.06. The molecule has 0 bridgehead atoms. The first-order chi connectivity index (χ1) is 11.6. The van der Waals surface area contributed by atoms with Crippen molar-refractivity contribution in [2.45, 2.75) is 37.2 Å². The number of thioether (sulfide) groups is 1. The van der Waals surface area contributed by atoms with E-state index in [1.165, 1.54) is 0 Å². The summed E-state index contributed by atoms with van der Waals surface area (Å²) in [6, 6.07) is 9.51. The number of benzene rings is 1. The van der Waals surface area contributed by atoms with E-state index in [-0.39, 0.29) is 22.7 Å². The van der Waals surface area contributed by atoms with Gasteiger partial charge in [0.1, 0.15) is 6.04 Å². The van der Waals surface area contributed by atoms with E-state index in [4.69, 9.17) is 0 Å². The molecule has 2 fully saturated rings. The Bertz CT molecular complexity index is 820. The zero-order valence-corrected chi connectivity index (χ0v) is 14.3. The van der Waals surface area contributed by atoms with Crippen molar-refractivity contribution in [3.63, 3.8) is 0 Å². The number of para-hydroxylation sites is 1. The van der Waals surface area contributed by atoms with Gasteiger partial charge in [0.2, 0.25) is 11.8 Å². The average molecular weight is 341 g/mol. The minimum atomic E-state index is -0.363. The van der Waals surface area contributed by atoms with Crippen LogP contribution in [0.25, 0.3) is 10.9 Å². The number of rotatable bonds is 3. The van der Waals surface area contributed by atoms with E-state index in [2.05, 4.69) is 17.2 Å². The normalized spacial score (nSPS) is 26.0. The van der Waals surface area contributed by atoms with Gasteiger partial charge in [-0.3, -0.25) is 14.6 Å². The Morgan fingerprint density at radius 1 is 1.42 bits per heavy atom. The number of hydrogen-bond acceptors (Lipinski definition) is 4. The molecule has 4 rings (SSSR count). The third kappa shape index (κ3) is 2.45. The first kappa shape index (κ1) is 15.4. The lowest BCUT2D eigenvalue weighted by Gasteiger charge is -2.29. The first-order valence-electron chi connectivity index (χ1n) is 8.15. The minimum absolute atomic E-state index is 0.0746. The molecule has 6 heteroatoms. The molecule has 1 aromatic heterocycles. The molecular weight excluding hydrogens is 322 g/mol. The molecule has 0 saturated carbocycles. The van der Waals surface area contributed by atoms with Gasteiger partial charge in [0.25, 0.3) is 0 Å². The zero-order chi connectivity index (χ0) is 16.7. The molecule has 0 aliphatic carbocycles. The number of fused-ring (bicyclic) bond motifs is 2. The number of aromatic nitrogens is 1. The van der Waals surface area contributed by atoms with Crippen LogP contribution in [0, 0.1) is 0 Å². The maximum atomic E-state index is 12.6. The van der Waals surface area contributed by atoms with E-state index < -0.39 is 0 Å². The lowest BCUT2D eigenvalue weighted by Crippen LogP contribution is -2.49. The maximum Gasteiger partial charge on any atom is 0.243 e. The van der Waals surface area contributed by atoms with E-state index >= 15 is 0 Å².